The lowest BCUT2D eigenvalue weighted by atomic mass is 9.85. The van der Waals surface area contributed by atoms with E-state index in [1.807, 2.05) is 6.07 Å². The molecule has 1 aromatic carbocycles. The van der Waals surface area contributed by atoms with Crippen molar-refractivity contribution in [3.63, 3.8) is 0 Å². The van der Waals surface area contributed by atoms with Crippen molar-refractivity contribution < 1.29 is 0 Å². The van der Waals surface area contributed by atoms with E-state index in [4.69, 9.17) is 11.6 Å². The maximum Gasteiger partial charge on any atom is 0.0435 e. The topological polar surface area (TPSA) is 12.0 Å². The van der Waals surface area contributed by atoms with Gasteiger partial charge in [0.2, 0.25) is 0 Å². The Labute approximate surface area is 123 Å². The summed E-state index contributed by atoms with van der Waals surface area (Å²) in [5.74, 6) is 0.827. The van der Waals surface area contributed by atoms with Gasteiger partial charge >= 0.3 is 0 Å². The van der Waals surface area contributed by atoms with E-state index in [0.29, 0.717) is 17.9 Å². The summed E-state index contributed by atoms with van der Waals surface area (Å²) in [7, 11) is 0. The van der Waals surface area contributed by atoms with Crippen molar-refractivity contribution in [2.24, 2.45) is 5.92 Å². The SMILES string of the molecule is C=C(C(C)C)[C@H](CNC(C)C)c1ccc(Cl)c(C)c1. The van der Waals surface area contributed by atoms with Gasteiger partial charge in [0.15, 0.2) is 0 Å². The molecule has 1 rings (SSSR count). The summed E-state index contributed by atoms with van der Waals surface area (Å²) < 4.78 is 0. The van der Waals surface area contributed by atoms with Crippen LogP contribution in [0, 0.1) is 12.8 Å². The van der Waals surface area contributed by atoms with Crippen LogP contribution >= 0.6 is 11.6 Å². The van der Waals surface area contributed by atoms with E-state index in [2.05, 4.69) is 58.6 Å². The molecular formula is C17H26ClN. The Kier molecular flexibility index (Phi) is 6.09. The summed E-state index contributed by atoms with van der Waals surface area (Å²) in [6.07, 6.45) is 0. The summed E-state index contributed by atoms with van der Waals surface area (Å²) >= 11 is 6.12. The zero-order chi connectivity index (χ0) is 14.6. The molecule has 0 fully saturated rings. The zero-order valence-corrected chi connectivity index (χ0v) is 13.5. The first-order valence-corrected chi connectivity index (χ1v) is 7.38. The van der Waals surface area contributed by atoms with E-state index < -0.39 is 0 Å². The van der Waals surface area contributed by atoms with Gasteiger partial charge in [-0.25, -0.2) is 0 Å². The summed E-state index contributed by atoms with van der Waals surface area (Å²) in [4.78, 5) is 0. The summed E-state index contributed by atoms with van der Waals surface area (Å²) in [6, 6.07) is 6.77. The molecule has 19 heavy (non-hydrogen) atoms. The average molecular weight is 280 g/mol. The smallest absolute Gasteiger partial charge is 0.0435 e. The van der Waals surface area contributed by atoms with E-state index in [1.54, 1.807) is 0 Å². The zero-order valence-electron chi connectivity index (χ0n) is 12.8. The normalized spacial score (nSPS) is 13.1. The third-order valence-electron chi connectivity index (χ3n) is 3.50. The van der Waals surface area contributed by atoms with E-state index in [9.17, 15) is 0 Å². The highest BCUT2D eigenvalue weighted by Crippen LogP contribution is 2.30. The van der Waals surface area contributed by atoms with Crippen LogP contribution < -0.4 is 5.32 Å². The third kappa shape index (κ3) is 4.67. The van der Waals surface area contributed by atoms with Crippen LogP contribution in [0.5, 0.6) is 0 Å². The van der Waals surface area contributed by atoms with E-state index in [-0.39, 0.29) is 0 Å². The highest BCUT2D eigenvalue weighted by Gasteiger charge is 2.18. The van der Waals surface area contributed by atoms with Crippen molar-refractivity contribution in [3.05, 3.63) is 46.5 Å². The van der Waals surface area contributed by atoms with Crippen LogP contribution in [0.4, 0.5) is 0 Å². The Balaban J connectivity index is 3.00. The second-order valence-electron chi connectivity index (χ2n) is 5.85. The third-order valence-corrected chi connectivity index (χ3v) is 3.93. The second kappa shape index (κ2) is 7.12. The number of benzene rings is 1. The molecule has 0 heterocycles. The van der Waals surface area contributed by atoms with Gasteiger partial charge < -0.3 is 5.32 Å². The van der Waals surface area contributed by atoms with Crippen molar-refractivity contribution in [3.8, 4) is 0 Å². The molecule has 0 bridgehead atoms. The van der Waals surface area contributed by atoms with Gasteiger partial charge in [-0.3, -0.25) is 0 Å². The minimum absolute atomic E-state index is 0.346. The largest absolute Gasteiger partial charge is 0.314 e. The molecular weight excluding hydrogens is 254 g/mol. The first-order chi connectivity index (χ1) is 8.82. The van der Waals surface area contributed by atoms with Crippen molar-refractivity contribution in [1.29, 1.82) is 0 Å². The highest BCUT2D eigenvalue weighted by atomic mass is 35.5. The fraction of sp³-hybridized carbons (Fsp3) is 0.529. The lowest BCUT2D eigenvalue weighted by Gasteiger charge is -2.25. The van der Waals surface area contributed by atoms with Crippen LogP contribution in [0.15, 0.2) is 30.4 Å². The van der Waals surface area contributed by atoms with Crippen molar-refractivity contribution >= 4 is 11.6 Å². The molecule has 0 saturated heterocycles. The number of hydrogen-bond acceptors (Lipinski definition) is 1. The minimum Gasteiger partial charge on any atom is -0.314 e. The molecule has 1 nitrogen and oxygen atoms in total. The first kappa shape index (κ1) is 16.3. The Morgan fingerprint density at radius 3 is 2.37 bits per heavy atom. The second-order valence-corrected chi connectivity index (χ2v) is 6.26. The standard InChI is InChI=1S/C17H26ClN/c1-11(2)14(6)16(10-19-12(3)4)15-7-8-17(18)13(5)9-15/h7-9,11-12,16,19H,6,10H2,1-5H3/t16-/m0/s1. The summed E-state index contributed by atoms with van der Waals surface area (Å²) in [6.45, 7) is 16.0. The van der Waals surface area contributed by atoms with Crippen molar-refractivity contribution in [2.45, 2.75) is 46.6 Å². The van der Waals surface area contributed by atoms with Crippen LogP contribution in [-0.2, 0) is 0 Å². The summed E-state index contributed by atoms with van der Waals surface area (Å²) in [5, 5.41) is 4.35. The maximum absolute atomic E-state index is 6.12. The molecule has 0 aromatic heterocycles. The molecule has 0 saturated carbocycles. The molecule has 0 aliphatic carbocycles. The van der Waals surface area contributed by atoms with Gasteiger partial charge in [-0.2, -0.15) is 0 Å². The summed E-state index contributed by atoms with van der Waals surface area (Å²) in [5.41, 5.74) is 3.70. The molecule has 106 valence electrons. The van der Waals surface area contributed by atoms with Crippen LogP contribution in [0.3, 0.4) is 0 Å². The molecule has 1 aromatic rings. The molecule has 1 N–H and O–H groups in total. The van der Waals surface area contributed by atoms with Crippen molar-refractivity contribution in [2.75, 3.05) is 6.54 Å². The monoisotopic (exact) mass is 279 g/mol. The highest BCUT2D eigenvalue weighted by molar-refractivity contribution is 6.31. The number of hydrogen-bond donors (Lipinski definition) is 1. The van der Waals surface area contributed by atoms with Gasteiger partial charge in [-0.05, 0) is 30.0 Å². The predicted octanol–water partition coefficient (Wildman–Crippen LogP) is 4.94. The number of rotatable bonds is 6. The molecule has 0 spiro atoms. The average Bonchev–Trinajstić information content (AvgIpc) is 2.33. The molecule has 0 amide bonds. The maximum atomic E-state index is 6.12. The molecule has 1 atom stereocenters. The van der Waals surface area contributed by atoms with Gasteiger partial charge in [0.25, 0.3) is 0 Å². The molecule has 2 heteroatoms. The van der Waals surface area contributed by atoms with Gasteiger partial charge in [0, 0.05) is 23.5 Å². The quantitative estimate of drug-likeness (QED) is 0.727. The lowest BCUT2D eigenvalue weighted by Crippen LogP contribution is -2.29. The molecule has 0 aliphatic rings. The van der Waals surface area contributed by atoms with Crippen molar-refractivity contribution in [1.82, 2.24) is 5.32 Å². The molecule has 0 radical (unpaired) electrons. The Morgan fingerprint density at radius 1 is 1.26 bits per heavy atom. The lowest BCUT2D eigenvalue weighted by molar-refractivity contribution is 0.535. The Morgan fingerprint density at radius 2 is 1.89 bits per heavy atom. The number of nitrogens with one attached hydrogen (secondary N) is 1. The van der Waals surface area contributed by atoms with Gasteiger partial charge in [-0.15, -0.1) is 0 Å². The van der Waals surface area contributed by atoms with E-state index in [1.165, 1.54) is 11.1 Å². The molecule has 0 unspecified atom stereocenters. The minimum atomic E-state index is 0.346. The van der Waals surface area contributed by atoms with Crippen LogP contribution in [0.25, 0.3) is 0 Å². The fourth-order valence-corrected chi connectivity index (χ4v) is 2.22. The van der Waals surface area contributed by atoms with Crippen LogP contribution in [-0.4, -0.2) is 12.6 Å². The van der Waals surface area contributed by atoms with Crippen LogP contribution in [0.2, 0.25) is 5.02 Å². The molecule has 0 aliphatic heterocycles. The Bertz CT molecular complexity index is 435. The number of halogens is 1. The number of aryl methyl sites for hydroxylation is 1. The van der Waals surface area contributed by atoms with Gasteiger partial charge in [-0.1, -0.05) is 63.6 Å². The van der Waals surface area contributed by atoms with E-state index >= 15 is 0 Å². The first-order valence-electron chi connectivity index (χ1n) is 7.01. The van der Waals surface area contributed by atoms with E-state index in [0.717, 1.165) is 17.1 Å². The predicted molar refractivity (Wildman–Crippen MR) is 86.0 cm³/mol. The fourth-order valence-electron chi connectivity index (χ4n) is 2.10. The van der Waals surface area contributed by atoms with Crippen LogP contribution in [0.1, 0.15) is 44.7 Å². The van der Waals surface area contributed by atoms with Gasteiger partial charge in [0.05, 0.1) is 0 Å². The van der Waals surface area contributed by atoms with Gasteiger partial charge in [0.1, 0.15) is 0 Å². The Hall–Kier alpha value is -0.790.